The fourth-order valence-corrected chi connectivity index (χ4v) is 3.74. The number of rotatable bonds is 3. The number of benzene rings is 1. The normalized spacial score (nSPS) is 16.9. The maximum absolute atomic E-state index is 13.2. The smallest absolute Gasteiger partial charge is 0.348 e. The first-order valence-electron chi connectivity index (χ1n) is 9.79. The summed E-state index contributed by atoms with van der Waals surface area (Å²) in [5, 5.41) is 0. The summed E-state index contributed by atoms with van der Waals surface area (Å²) in [5.41, 5.74) is 1.68. The summed E-state index contributed by atoms with van der Waals surface area (Å²) in [6.45, 7) is 6.68. The number of hydrogen-bond donors (Lipinski definition) is 0. The molecule has 2 amide bonds. The Bertz CT molecular complexity index is 926. The molecule has 30 heavy (non-hydrogen) atoms. The molecule has 1 aliphatic heterocycles. The second kappa shape index (κ2) is 7.81. The van der Waals surface area contributed by atoms with Crippen LogP contribution in [0.3, 0.4) is 0 Å². The highest BCUT2D eigenvalue weighted by Gasteiger charge is 2.47. The minimum atomic E-state index is -5.04. The second-order valence-electron chi connectivity index (χ2n) is 8.59. The van der Waals surface area contributed by atoms with Crippen LogP contribution >= 0.6 is 0 Å². The fraction of sp³-hybridized carbons (Fsp3) is 0.455. The summed E-state index contributed by atoms with van der Waals surface area (Å²) in [4.78, 5) is 27.4. The van der Waals surface area contributed by atoms with E-state index in [1.165, 1.54) is 20.8 Å². The van der Waals surface area contributed by atoms with Crippen molar-refractivity contribution in [1.82, 2.24) is 14.4 Å². The summed E-state index contributed by atoms with van der Waals surface area (Å²) in [7, 11) is 0. The maximum Gasteiger partial charge on any atom is 0.471 e. The SMILES string of the molecule is Cc1ccc(C2c3cccn3CCN2C(=O)CN(C(=O)C(F)(F)F)C(C)(C)C)cc1. The average Bonchev–Trinajstić information content (AvgIpc) is 3.12. The molecule has 162 valence electrons. The van der Waals surface area contributed by atoms with Gasteiger partial charge in [0.15, 0.2) is 0 Å². The third-order valence-corrected chi connectivity index (χ3v) is 5.34. The van der Waals surface area contributed by atoms with E-state index in [0.717, 1.165) is 16.8 Å². The molecule has 0 saturated heterocycles. The van der Waals surface area contributed by atoms with Gasteiger partial charge in [-0.3, -0.25) is 9.59 Å². The van der Waals surface area contributed by atoms with Crippen LogP contribution < -0.4 is 0 Å². The van der Waals surface area contributed by atoms with Gasteiger partial charge in [-0.25, -0.2) is 0 Å². The fourth-order valence-electron chi connectivity index (χ4n) is 3.74. The molecule has 1 atom stereocenters. The zero-order valence-corrected chi connectivity index (χ0v) is 17.5. The number of carbonyl (C=O) groups excluding carboxylic acids is 2. The third kappa shape index (κ3) is 4.37. The summed E-state index contributed by atoms with van der Waals surface area (Å²) in [5.74, 6) is -2.52. The third-order valence-electron chi connectivity index (χ3n) is 5.34. The van der Waals surface area contributed by atoms with Gasteiger partial charge in [0.1, 0.15) is 6.54 Å². The van der Waals surface area contributed by atoms with Crippen LogP contribution in [0.15, 0.2) is 42.6 Å². The largest absolute Gasteiger partial charge is 0.471 e. The number of alkyl halides is 3. The van der Waals surface area contributed by atoms with Gasteiger partial charge in [0, 0.05) is 30.5 Å². The quantitative estimate of drug-likeness (QED) is 0.754. The molecule has 5 nitrogen and oxygen atoms in total. The molecule has 1 aliphatic rings. The van der Waals surface area contributed by atoms with Crippen LogP contribution in [-0.2, 0) is 16.1 Å². The molecule has 8 heteroatoms. The molecule has 0 bridgehead atoms. The van der Waals surface area contributed by atoms with Crippen molar-refractivity contribution < 1.29 is 22.8 Å². The zero-order valence-electron chi connectivity index (χ0n) is 17.5. The molecule has 0 spiro atoms. The van der Waals surface area contributed by atoms with E-state index in [1.54, 1.807) is 4.90 Å². The Morgan fingerprint density at radius 2 is 1.70 bits per heavy atom. The van der Waals surface area contributed by atoms with Gasteiger partial charge in [0.05, 0.1) is 6.04 Å². The number of halogens is 3. The molecule has 2 aromatic rings. The van der Waals surface area contributed by atoms with Crippen molar-refractivity contribution >= 4 is 11.8 Å². The molecule has 0 radical (unpaired) electrons. The molecule has 1 unspecified atom stereocenters. The lowest BCUT2D eigenvalue weighted by Crippen LogP contribution is -2.56. The zero-order chi connectivity index (χ0) is 22.3. The van der Waals surface area contributed by atoms with Crippen molar-refractivity contribution in [2.24, 2.45) is 0 Å². The lowest BCUT2D eigenvalue weighted by atomic mass is 9.98. The van der Waals surface area contributed by atoms with Crippen molar-refractivity contribution in [3.8, 4) is 0 Å². The van der Waals surface area contributed by atoms with Crippen LogP contribution in [-0.4, -0.2) is 51.0 Å². The van der Waals surface area contributed by atoms with Crippen LogP contribution in [0.4, 0.5) is 13.2 Å². The number of hydrogen-bond acceptors (Lipinski definition) is 2. The highest BCUT2D eigenvalue weighted by Crippen LogP contribution is 2.33. The molecule has 3 rings (SSSR count). The van der Waals surface area contributed by atoms with Crippen molar-refractivity contribution in [3.63, 3.8) is 0 Å². The van der Waals surface area contributed by atoms with E-state index < -0.39 is 36.1 Å². The molecule has 0 N–H and O–H groups in total. The number of amides is 2. The highest BCUT2D eigenvalue weighted by atomic mass is 19.4. The van der Waals surface area contributed by atoms with Crippen LogP contribution in [0.5, 0.6) is 0 Å². The van der Waals surface area contributed by atoms with E-state index in [-0.39, 0.29) is 0 Å². The Morgan fingerprint density at radius 3 is 2.27 bits per heavy atom. The van der Waals surface area contributed by atoms with Gasteiger partial charge in [-0.1, -0.05) is 29.8 Å². The Kier molecular flexibility index (Phi) is 5.71. The molecular formula is C22H26F3N3O2. The summed E-state index contributed by atoms with van der Waals surface area (Å²) in [6, 6.07) is 11.1. The van der Waals surface area contributed by atoms with Crippen LogP contribution in [0.1, 0.15) is 43.6 Å². The van der Waals surface area contributed by atoms with Gasteiger partial charge in [0.25, 0.3) is 0 Å². The Morgan fingerprint density at radius 1 is 1.07 bits per heavy atom. The molecule has 0 saturated carbocycles. The molecular weight excluding hydrogens is 395 g/mol. The average molecular weight is 421 g/mol. The monoisotopic (exact) mass is 421 g/mol. The van der Waals surface area contributed by atoms with E-state index in [9.17, 15) is 22.8 Å². The van der Waals surface area contributed by atoms with Crippen molar-refractivity contribution in [3.05, 3.63) is 59.4 Å². The molecule has 1 aromatic heterocycles. The van der Waals surface area contributed by atoms with E-state index in [2.05, 4.69) is 0 Å². The Labute approximate surface area is 174 Å². The van der Waals surface area contributed by atoms with Crippen molar-refractivity contribution in [2.45, 2.75) is 52.0 Å². The maximum atomic E-state index is 13.2. The highest BCUT2D eigenvalue weighted by molar-refractivity contribution is 5.88. The first-order chi connectivity index (χ1) is 13.9. The number of nitrogens with zero attached hydrogens (tertiary/aromatic N) is 3. The first kappa shape index (κ1) is 21.9. The predicted molar refractivity (Wildman–Crippen MR) is 107 cm³/mol. The number of fused-ring (bicyclic) bond motifs is 1. The first-order valence-corrected chi connectivity index (χ1v) is 9.79. The topological polar surface area (TPSA) is 45.6 Å². The molecule has 1 aromatic carbocycles. The standard InChI is InChI=1S/C22H26F3N3O2/c1-15-7-9-16(10-8-15)19-17-6-5-11-26(17)12-13-27(19)18(29)14-28(21(2,3)4)20(30)22(23,24)25/h5-11,19H,12-14H2,1-4H3. The van der Waals surface area contributed by atoms with Gasteiger partial charge in [-0.2, -0.15) is 13.2 Å². The van der Waals surface area contributed by atoms with E-state index in [0.29, 0.717) is 18.0 Å². The second-order valence-corrected chi connectivity index (χ2v) is 8.59. The van der Waals surface area contributed by atoms with Gasteiger partial charge in [0.2, 0.25) is 5.91 Å². The van der Waals surface area contributed by atoms with Gasteiger partial charge in [-0.15, -0.1) is 0 Å². The summed E-state index contributed by atoms with van der Waals surface area (Å²) >= 11 is 0. The number of aryl methyl sites for hydroxylation is 1. The molecule has 0 fully saturated rings. The Hall–Kier alpha value is -2.77. The van der Waals surface area contributed by atoms with E-state index in [1.807, 2.05) is 54.1 Å². The van der Waals surface area contributed by atoms with Gasteiger partial charge in [-0.05, 0) is 45.4 Å². The summed E-state index contributed by atoms with van der Waals surface area (Å²) in [6.07, 6.45) is -3.12. The van der Waals surface area contributed by atoms with E-state index in [4.69, 9.17) is 0 Å². The Balaban J connectivity index is 1.95. The van der Waals surface area contributed by atoms with Crippen molar-refractivity contribution in [1.29, 1.82) is 0 Å². The van der Waals surface area contributed by atoms with Crippen molar-refractivity contribution in [2.75, 3.05) is 13.1 Å². The molecule has 2 heterocycles. The van der Waals surface area contributed by atoms with Crippen LogP contribution in [0.2, 0.25) is 0 Å². The van der Waals surface area contributed by atoms with Gasteiger partial charge < -0.3 is 14.4 Å². The van der Waals surface area contributed by atoms with E-state index >= 15 is 0 Å². The predicted octanol–water partition coefficient (Wildman–Crippen LogP) is 3.92. The molecule has 0 aliphatic carbocycles. The van der Waals surface area contributed by atoms with Gasteiger partial charge >= 0.3 is 12.1 Å². The lowest BCUT2D eigenvalue weighted by Gasteiger charge is -2.41. The minimum absolute atomic E-state index is 0.344. The number of aromatic nitrogens is 1. The lowest BCUT2D eigenvalue weighted by molar-refractivity contribution is -0.191. The van der Waals surface area contributed by atoms with Crippen LogP contribution in [0, 0.1) is 6.92 Å². The van der Waals surface area contributed by atoms with Crippen LogP contribution in [0.25, 0.3) is 0 Å². The number of carbonyl (C=O) groups is 2. The minimum Gasteiger partial charge on any atom is -0.348 e. The summed E-state index contributed by atoms with van der Waals surface area (Å²) < 4.78 is 41.5.